The van der Waals surface area contributed by atoms with Gasteiger partial charge in [-0.1, -0.05) is 25.1 Å². The molecule has 110 valence electrons. The molecule has 2 N–H and O–H groups in total. The highest BCUT2D eigenvalue weighted by molar-refractivity contribution is 5.93. The van der Waals surface area contributed by atoms with E-state index < -0.39 is 12.0 Å². The average Bonchev–Trinajstić information content (AvgIpc) is 2.46. The Morgan fingerprint density at radius 1 is 1.33 bits per heavy atom. The number of carboxylic acid groups (broad SMARTS) is 1. The van der Waals surface area contributed by atoms with Gasteiger partial charge in [0.05, 0.1) is 17.4 Å². The van der Waals surface area contributed by atoms with Crippen molar-refractivity contribution in [2.45, 2.75) is 13.3 Å². The van der Waals surface area contributed by atoms with E-state index in [1.807, 2.05) is 37.3 Å². The molecule has 0 fully saturated rings. The Labute approximate surface area is 122 Å². The molecule has 0 aliphatic carbocycles. The van der Waals surface area contributed by atoms with Gasteiger partial charge < -0.3 is 15.3 Å². The van der Waals surface area contributed by atoms with Crippen LogP contribution in [0.15, 0.2) is 36.5 Å². The molecule has 0 unspecified atom stereocenters. The summed E-state index contributed by atoms with van der Waals surface area (Å²) in [5.74, 6) is -1.03. The van der Waals surface area contributed by atoms with Crippen LogP contribution in [0.4, 0.5) is 10.5 Å². The molecule has 2 rings (SSSR count). The number of para-hydroxylation sites is 1. The van der Waals surface area contributed by atoms with Gasteiger partial charge >= 0.3 is 12.0 Å². The summed E-state index contributed by atoms with van der Waals surface area (Å²) in [7, 11) is 0. The number of rotatable bonds is 5. The Morgan fingerprint density at radius 2 is 2.10 bits per heavy atom. The predicted molar refractivity (Wildman–Crippen MR) is 80.3 cm³/mol. The number of nitrogens with one attached hydrogen (secondary N) is 1. The Balaban J connectivity index is 2.13. The van der Waals surface area contributed by atoms with Crippen molar-refractivity contribution in [3.63, 3.8) is 0 Å². The van der Waals surface area contributed by atoms with Crippen molar-refractivity contribution in [2.75, 3.05) is 18.4 Å². The monoisotopic (exact) mass is 287 g/mol. The van der Waals surface area contributed by atoms with Crippen LogP contribution in [-0.4, -0.2) is 40.1 Å². The smallest absolute Gasteiger partial charge is 0.323 e. The van der Waals surface area contributed by atoms with Crippen molar-refractivity contribution in [3.8, 4) is 0 Å². The number of aliphatic carboxylic acids is 1. The van der Waals surface area contributed by atoms with Crippen molar-refractivity contribution in [3.05, 3.63) is 36.5 Å². The lowest BCUT2D eigenvalue weighted by Gasteiger charge is -2.20. The van der Waals surface area contributed by atoms with Crippen molar-refractivity contribution in [2.24, 2.45) is 0 Å². The summed E-state index contributed by atoms with van der Waals surface area (Å²) >= 11 is 0. The van der Waals surface area contributed by atoms with E-state index in [4.69, 9.17) is 5.11 Å². The van der Waals surface area contributed by atoms with Gasteiger partial charge in [0.1, 0.15) is 6.54 Å². The molecule has 0 saturated heterocycles. The van der Waals surface area contributed by atoms with E-state index in [0.29, 0.717) is 18.7 Å². The quantitative estimate of drug-likeness (QED) is 0.885. The number of amides is 2. The lowest BCUT2D eigenvalue weighted by molar-refractivity contribution is -0.137. The normalized spacial score (nSPS) is 10.3. The second-order valence-corrected chi connectivity index (χ2v) is 4.66. The number of carboxylic acids is 1. The van der Waals surface area contributed by atoms with E-state index in [1.54, 1.807) is 6.20 Å². The zero-order chi connectivity index (χ0) is 15.2. The Bertz CT molecular complexity index is 657. The summed E-state index contributed by atoms with van der Waals surface area (Å²) in [4.78, 5) is 28.4. The largest absolute Gasteiger partial charge is 0.480 e. The van der Waals surface area contributed by atoms with Gasteiger partial charge in [-0.25, -0.2) is 4.79 Å². The summed E-state index contributed by atoms with van der Waals surface area (Å²) in [6, 6.07) is 8.95. The first-order valence-corrected chi connectivity index (χ1v) is 6.72. The van der Waals surface area contributed by atoms with Crippen molar-refractivity contribution in [1.82, 2.24) is 9.88 Å². The fourth-order valence-corrected chi connectivity index (χ4v) is 2.03. The second kappa shape index (κ2) is 6.69. The molecule has 0 saturated carbocycles. The van der Waals surface area contributed by atoms with Crippen LogP contribution in [0.5, 0.6) is 0 Å². The fraction of sp³-hybridized carbons (Fsp3) is 0.267. The summed E-state index contributed by atoms with van der Waals surface area (Å²) < 4.78 is 0. The van der Waals surface area contributed by atoms with Crippen LogP contribution >= 0.6 is 0 Å². The van der Waals surface area contributed by atoms with Gasteiger partial charge in [-0.15, -0.1) is 0 Å². The van der Waals surface area contributed by atoms with Crippen molar-refractivity contribution in [1.29, 1.82) is 0 Å². The predicted octanol–water partition coefficient (Wildman–Crippen LogP) is 2.56. The number of hydrogen-bond acceptors (Lipinski definition) is 3. The molecule has 21 heavy (non-hydrogen) atoms. The number of aromatic nitrogens is 1. The Hall–Kier alpha value is -2.63. The van der Waals surface area contributed by atoms with Crippen LogP contribution in [0.25, 0.3) is 10.9 Å². The van der Waals surface area contributed by atoms with Gasteiger partial charge in [-0.05, 0) is 18.6 Å². The molecule has 0 bridgehead atoms. The number of nitrogens with zero attached hydrogens (tertiary/aromatic N) is 2. The summed E-state index contributed by atoms with van der Waals surface area (Å²) in [5.41, 5.74) is 1.39. The number of fused-ring (bicyclic) bond motifs is 1. The minimum atomic E-state index is -1.03. The molecule has 0 aliphatic rings. The van der Waals surface area contributed by atoms with Crippen LogP contribution in [-0.2, 0) is 4.79 Å². The first-order chi connectivity index (χ1) is 10.1. The zero-order valence-corrected chi connectivity index (χ0v) is 11.7. The topological polar surface area (TPSA) is 82.5 Å². The van der Waals surface area contributed by atoms with Crippen LogP contribution in [0.1, 0.15) is 13.3 Å². The molecule has 6 heteroatoms. The summed E-state index contributed by atoms with van der Waals surface area (Å²) in [6.07, 6.45) is 2.25. The van der Waals surface area contributed by atoms with Crippen molar-refractivity contribution >= 4 is 28.6 Å². The van der Waals surface area contributed by atoms with E-state index in [2.05, 4.69) is 10.3 Å². The second-order valence-electron chi connectivity index (χ2n) is 4.66. The average molecular weight is 287 g/mol. The maximum absolute atomic E-state index is 12.1. The number of hydrogen-bond donors (Lipinski definition) is 2. The lowest BCUT2D eigenvalue weighted by Crippen LogP contribution is -2.39. The molecular formula is C15H17N3O3. The standard InChI is InChI=1S/C15H17N3O3/c1-2-7-18(10-14(19)20)15(21)17-12-8-11-5-3-4-6-13(11)16-9-12/h3-6,8-9H,2,7,10H2,1H3,(H,17,21)(H,19,20). The molecule has 0 aliphatic heterocycles. The van der Waals surface area contributed by atoms with Gasteiger partial charge in [0, 0.05) is 11.9 Å². The highest BCUT2D eigenvalue weighted by atomic mass is 16.4. The first-order valence-electron chi connectivity index (χ1n) is 6.72. The SMILES string of the molecule is CCCN(CC(=O)O)C(=O)Nc1cnc2ccccc2c1. The van der Waals surface area contributed by atoms with Gasteiger partial charge in [0.2, 0.25) is 0 Å². The Morgan fingerprint density at radius 3 is 2.81 bits per heavy atom. The molecule has 1 heterocycles. The number of carbonyl (C=O) groups excluding carboxylic acids is 1. The molecule has 2 aromatic rings. The van der Waals surface area contributed by atoms with Gasteiger partial charge in [-0.2, -0.15) is 0 Å². The third-order valence-electron chi connectivity index (χ3n) is 2.95. The van der Waals surface area contributed by atoms with Crippen LogP contribution in [0.2, 0.25) is 0 Å². The van der Waals surface area contributed by atoms with E-state index in [-0.39, 0.29) is 6.54 Å². The molecule has 0 atom stereocenters. The molecule has 1 aromatic heterocycles. The fourth-order valence-electron chi connectivity index (χ4n) is 2.03. The minimum Gasteiger partial charge on any atom is -0.480 e. The third-order valence-corrected chi connectivity index (χ3v) is 2.95. The number of anilines is 1. The maximum Gasteiger partial charge on any atom is 0.323 e. The lowest BCUT2D eigenvalue weighted by atomic mass is 10.2. The molecular weight excluding hydrogens is 270 g/mol. The summed E-state index contributed by atoms with van der Waals surface area (Å²) in [5, 5.41) is 12.4. The molecule has 2 amide bonds. The van der Waals surface area contributed by atoms with E-state index in [9.17, 15) is 9.59 Å². The zero-order valence-electron chi connectivity index (χ0n) is 11.7. The highest BCUT2D eigenvalue weighted by Gasteiger charge is 2.16. The van der Waals surface area contributed by atoms with Crippen LogP contribution in [0.3, 0.4) is 0 Å². The number of pyridine rings is 1. The molecule has 1 aromatic carbocycles. The molecule has 0 radical (unpaired) electrons. The van der Waals surface area contributed by atoms with E-state index in [0.717, 1.165) is 10.9 Å². The van der Waals surface area contributed by atoms with E-state index in [1.165, 1.54) is 4.90 Å². The highest BCUT2D eigenvalue weighted by Crippen LogP contribution is 2.16. The molecule has 6 nitrogen and oxygen atoms in total. The van der Waals surface area contributed by atoms with Gasteiger partial charge in [-0.3, -0.25) is 9.78 Å². The first kappa shape index (κ1) is 14.8. The number of benzene rings is 1. The van der Waals surface area contributed by atoms with Crippen molar-refractivity contribution < 1.29 is 14.7 Å². The van der Waals surface area contributed by atoms with Crippen LogP contribution in [0, 0.1) is 0 Å². The molecule has 0 spiro atoms. The van der Waals surface area contributed by atoms with Crippen LogP contribution < -0.4 is 5.32 Å². The van der Waals surface area contributed by atoms with E-state index >= 15 is 0 Å². The van der Waals surface area contributed by atoms with Gasteiger partial charge in [0.15, 0.2) is 0 Å². The number of urea groups is 1. The summed E-state index contributed by atoms with van der Waals surface area (Å²) in [6.45, 7) is 1.96. The minimum absolute atomic E-state index is 0.319. The Kier molecular flexibility index (Phi) is 4.71. The maximum atomic E-state index is 12.1. The number of carbonyl (C=O) groups is 2. The van der Waals surface area contributed by atoms with Gasteiger partial charge in [0.25, 0.3) is 0 Å². The third kappa shape index (κ3) is 3.92.